The second-order valence-corrected chi connectivity index (χ2v) is 4.66. The molecule has 0 aliphatic carbocycles. The number of hydrogen-bond acceptors (Lipinski definition) is 4. The van der Waals surface area contributed by atoms with Crippen molar-refractivity contribution in [3.05, 3.63) is 11.3 Å². The van der Waals surface area contributed by atoms with Gasteiger partial charge in [0, 0.05) is 30.9 Å². The van der Waals surface area contributed by atoms with Crippen molar-refractivity contribution in [2.75, 3.05) is 29.9 Å². The van der Waals surface area contributed by atoms with Crippen molar-refractivity contribution in [3.8, 4) is 0 Å². The minimum atomic E-state index is 0.892. The minimum Gasteiger partial charge on any atom is -0.370 e. The molecule has 0 atom stereocenters. The van der Waals surface area contributed by atoms with Crippen molar-refractivity contribution in [1.82, 2.24) is 9.97 Å². The van der Waals surface area contributed by atoms with Gasteiger partial charge < -0.3 is 10.2 Å². The molecule has 0 unspecified atom stereocenters. The highest BCUT2D eigenvalue weighted by Crippen LogP contribution is 2.21. The van der Waals surface area contributed by atoms with Crippen LogP contribution in [0.2, 0.25) is 0 Å². The highest BCUT2D eigenvalue weighted by Gasteiger charge is 2.16. The molecule has 1 fully saturated rings. The van der Waals surface area contributed by atoms with Crippen LogP contribution in [0.4, 0.5) is 11.8 Å². The molecule has 4 nitrogen and oxygen atoms in total. The van der Waals surface area contributed by atoms with E-state index in [1.54, 1.807) is 0 Å². The molecule has 0 aromatic carbocycles. The first-order chi connectivity index (χ1) is 8.22. The normalized spacial score (nSPS) is 16.1. The lowest BCUT2D eigenvalue weighted by Crippen LogP contribution is -2.31. The van der Waals surface area contributed by atoms with Crippen molar-refractivity contribution in [1.29, 1.82) is 0 Å². The molecule has 2 heterocycles. The largest absolute Gasteiger partial charge is 0.370 e. The van der Waals surface area contributed by atoms with Crippen LogP contribution < -0.4 is 10.2 Å². The zero-order valence-corrected chi connectivity index (χ0v) is 11.1. The predicted molar refractivity (Wildman–Crippen MR) is 71.7 cm³/mol. The van der Waals surface area contributed by atoms with Gasteiger partial charge in [-0.2, -0.15) is 4.98 Å². The molecule has 0 radical (unpaired) electrons. The number of rotatable bonds is 3. The predicted octanol–water partition coefficient (Wildman–Crippen LogP) is 2.52. The van der Waals surface area contributed by atoms with E-state index in [2.05, 4.69) is 41.0 Å². The van der Waals surface area contributed by atoms with Gasteiger partial charge >= 0.3 is 0 Å². The number of aromatic nitrogens is 2. The number of nitrogens with zero attached hydrogens (tertiary/aromatic N) is 3. The number of hydrogen-bond donors (Lipinski definition) is 1. The molecule has 1 aliphatic rings. The fourth-order valence-electron chi connectivity index (χ4n) is 2.19. The summed E-state index contributed by atoms with van der Waals surface area (Å²) in [5.41, 5.74) is 2.24. The molecular weight excluding hydrogens is 212 g/mol. The molecule has 2 rings (SSSR count). The van der Waals surface area contributed by atoms with Crippen LogP contribution in [0, 0.1) is 13.8 Å². The van der Waals surface area contributed by atoms with Gasteiger partial charge in [0.15, 0.2) is 0 Å². The third-order valence-corrected chi connectivity index (χ3v) is 3.36. The van der Waals surface area contributed by atoms with Crippen LogP contribution >= 0.6 is 0 Å². The smallest absolute Gasteiger partial charge is 0.227 e. The molecule has 1 aromatic heterocycles. The summed E-state index contributed by atoms with van der Waals surface area (Å²) < 4.78 is 0. The Kier molecular flexibility index (Phi) is 3.82. The van der Waals surface area contributed by atoms with Crippen LogP contribution in [-0.2, 0) is 0 Å². The van der Waals surface area contributed by atoms with Gasteiger partial charge in [-0.3, -0.25) is 0 Å². The van der Waals surface area contributed by atoms with Crippen molar-refractivity contribution < 1.29 is 0 Å². The second kappa shape index (κ2) is 5.34. The Morgan fingerprint density at radius 3 is 2.47 bits per heavy atom. The van der Waals surface area contributed by atoms with Crippen molar-refractivity contribution in [2.45, 2.75) is 40.0 Å². The molecule has 4 heteroatoms. The summed E-state index contributed by atoms with van der Waals surface area (Å²) in [6, 6.07) is 0. The Morgan fingerprint density at radius 2 is 1.82 bits per heavy atom. The number of nitrogens with one attached hydrogen (secondary N) is 1. The molecule has 0 amide bonds. The third kappa shape index (κ3) is 2.68. The topological polar surface area (TPSA) is 41.1 Å². The molecule has 17 heavy (non-hydrogen) atoms. The maximum absolute atomic E-state index is 4.65. The maximum Gasteiger partial charge on any atom is 0.227 e. The Hall–Kier alpha value is -1.32. The molecular formula is C13H22N4. The van der Waals surface area contributed by atoms with Gasteiger partial charge in [0.2, 0.25) is 5.95 Å². The summed E-state index contributed by atoms with van der Waals surface area (Å²) >= 11 is 0. The third-order valence-electron chi connectivity index (χ3n) is 3.36. The average molecular weight is 234 g/mol. The Bertz CT molecular complexity index is 383. The van der Waals surface area contributed by atoms with Gasteiger partial charge in [-0.25, -0.2) is 4.98 Å². The summed E-state index contributed by atoms with van der Waals surface area (Å²) in [5, 5.41) is 3.32. The lowest BCUT2D eigenvalue weighted by atomic mass is 10.1. The molecule has 1 saturated heterocycles. The van der Waals surface area contributed by atoms with Crippen LogP contribution in [0.15, 0.2) is 0 Å². The summed E-state index contributed by atoms with van der Waals surface area (Å²) in [5.74, 6) is 1.88. The fourth-order valence-corrected chi connectivity index (χ4v) is 2.19. The number of piperidine rings is 1. The van der Waals surface area contributed by atoms with Crippen LogP contribution in [-0.4, -0.2) is 29.6 Å². The van der Waals surface area contributed by atoms with E-state index < -0.39 is 0 Å². The van der Waals surface area contributed by atoms with E-state index in [1.807, 2.05) is 0 Å². The molecule has 94 valence electrons. The standard InChI is InChI=1S/C13H22N4/c1-4-14-12-10(2)11(3)15-13(16-12)17-8-6-5-7-9-17/h4-9H2,1-3H3,(H,14,15,16). The van der Waals surface area contributed by atoms with Crippen molar-refractivity contribution >= 4 is 11.8 Å². The van der Waals surface area contributed by atoms with Gasteiger partial charge in [0.05, 0.1) is 0 Å². The molecule has 1 aliphatic heterocycles. The summed E-state index contributed by atoms with van der Waals surface area (Å²) in [6.07, 6.45) is 3.85. The Labute approximate surface area is 103 Å². The van der Waals surface area contributed by atoms with Gasteiger partial charge in [0.1, 0.15) is 5.82 Å². The summed E-state index contributed by atoms with van der Waals surface area (Å²) in [6.45, 7) is 9.31. The fraction of sp³-hybridized carbons (Fsp3) is 0.692. The summed E-state index contributed by atoms with van der Waals surface area (Å²) in [4.78, 5) is 11.6. The van der Waals surface area contributed by atoms with Crippen molar-refractivity contribution in [3.63, 3.8) is 0 Å². The monoisotopic (exact) mass is 234 g/mol. The number of aryl methyl sites for hydroxylation is 1. The second-order valence-electron chi connectivity index (χ2n) is 4.66. The molecule has 1 aromatic rings. The Balaban J connectivity index is 2.27. The highest BCUT2D eigenvalue weighted by molar-refractivity contribution is 5.50. The van der Waals surface area contributed by atoms with E-state index in [1.165, 1.54) is 19.3 Å². The van der Waals surface area contributed by atoms with E-state index in [-0.39, 0.29) is 0 Å². The van der Waals surface area contributed by atoms with Crippen LogP contribution in [0.25, 0.3) is 0 Å². The van der Waals surface area contributed by atoms with Gasteiger partial charge in [0.25, 0.3) is 0 Å². The zero-order valence-electron chi connectivity index (χ0n) is 11.1. The van der Waals surface area contributed by atoms with Gasteiger partial charge in [-0.15, -0.1) is 0 Å². The molecule has 0 spiro atoms. The van der Waals surface area contributed by atoms with Crippen LogP contribution in [0.5, 0.6) is 0 Å². The SMILES string of the molecule is CCNc1nc(N2CCCCC2)nc(C)c1C. The van der Waals surface area contributed by atoms with Gasteiger partial charge in [-0.1, -0.05) is 0 Å². The number of anilines is 2. The van der Waals surface area contributed by atoms with Crippen molar-refractivity contribution in [2.24, 2.45) is 0 Å². The average Bonchev–Trinajstić information content (AvgIpc) is 2.36. The molecule has 1 N–H and O–H groups in total. The maximum atomic E-state index is 4.65. The zero-order chi connectivity index (χ0) is 12.3. The first-order valence-corrected chi connectivity index (χ1v) is 6.56. The lowest BCUT2D eigenvalue weighted by Gasteiger charge is -2.27. The highest BCUT2D eigenvalue weighted by atomic mass is 15.3. The van der Waals surface area contributed by atoms with Gasteiger partial charge in [-0.05, 0) is 40.0 Å². The van der Waals surface area contributed by atoms with Crippen LogP contribution in [0.3, 0.4) is 0 Å². The van der Waals surface area contributed by atoms with E-state index in [0.717, 1.165) is 42.7 Å². The van der Waals surface area contributed by atoms with Crippen LogP contribution in [0.1, 0.15) is 37.4 Å². The van der Waals surface area contributed by atoms with E-state index in [9.17, 15) is 0 Å². The molecule has 0 bridgehead atoms. The summed E-state index contributed by atoms with van der Waals surface area (Å²) in [7, 11) is 0. The minimum absolute atomic E-state index is 0.892. The Morgan fingerprint density at radius 1 is 1.12 bits per heavy atom. The quantitative estimate of drug-likeness (QED) is 0.872. The molecule has 0 saturated carbocycles. The first-order valence-electron chi connectivity index (χ1n) is 6.56. The first kappa shape index (κ1) is 12.1. The lowest BCUT2D eigenvalue weighted by molar-refractivity contribution is 0.567. The van der Waals surface area contributed by atoms with E-state index >= 15 is 0 Å². The van der Waals surface area contributed by atoms with E-state index in [0.29, 0.717) is 0 Å². The van der Waals surface area contributed by atoms with E-state index in [4.69, 9.17) is 0 Å².